The van der Waals surface area contributed by atoms with Gasteiger partial charge in [-0.2, -0.15) is 0 Å². The van der Waals surface area contributed by atoms with Gasteiger partial charge in [0.15, 0.2) is 0 Å². The highest BCUT2D eigenvalue weighted by Gasteiger charge is 2.40. The minimum absolute atomic E-state index is 0. The summed E-state index contributed by atoms with van der Waals surface area (Å²) in [6.07, 6.45) is 5.09. The molecule has 0 radical (unpaired) electrons. The molecular weight excluding hydrogens is 330 g/mol. The number of fused-ring (bicyclic) bond motifs is 2. The van der Waals surface area contributed by atoms with Crippen LogP contribution in [0.25, 0.3) is 0 Å². The van der Waals surface area contributed by atoms with Crippen molar-refractivity contribution in [1.29, 1.82) is 0 Å². The Hall–Kier alpha value is -1.66. The van der Waals surface area contributed by atoms with Crippen LogP contribution in [0.15, 0.2) is 18.2 Å². The van der Waals surface area contributed by atoms with E-state index >= 15 is 0 Å². The first-order valence-electron chi connectivity index (χ1n) is 8.28. The van der Waals surface area contributed by atoms with Crippen LogP contribution >= 0.6 is 12.4 Å². The Morgan fingerprint density at radius 2 is 1.92 bits per heavy atom. The van der Waals surface area contributed by atoms with Crippen LogP contribution in [-0.2, 0) is 4.79 Å². The molecule has 7 heteroatoms. The van der Waals surface area contributed by atoms with Crippen molar-refractivity contribution in [2.45, 2.75) is 45.1 Å². The zero-order valence-electron chi connectivity index (χ0n) is 13.7. The molecular formula is C17H24ClN3O3. The molecule has 0 spiro atoms. The predicted octanol–water partition coefficient (Wildman–Crippen LogP) is 3.42. The fourth-order valence-electron chi connectivity index (χ4n) is 4.19. The summed E-state index contributed by atoms with van der Waals surface area (Å²) < 4.78 is 0. The van der Waals surface area contributed by atoms with Gasteiger partial charge in [0.2, 0.25) is 5.91 Å². The van der Waals surface area contributed by atoms with Gasteiger partial charge in [-0.05, 0) is 50.5 Å². The molecule has 1 amide bonds. The van der Waals surface area contributed by atoms with Gasteiger partial charge in [-0.1, -0.05) is 12.5 Å². The number of nitro groups is 1. The van der Waals surface area contributed by atoms with Crippen molar-refractivity contribution in [2.75, 3.05) is 5.32 Å². The van der Waals surface area contributed by atoms with Crippen molar-refractivity contribution in [3.63, 3.8) is 0 Å². The van der Waals surface area contributed by atoms with E-state index in [2.05, 4.69) is 5.32 Å². The van der Waals surface area contributed by atoms with Crippen molar-refractivity contribution in [3.8, 4) is 0 Å². The van der Waals surface area contributed by atoms with Crippen molar-refractivity contribution in [3.05, 3.63) is 33.9 Å². The van der Waals surface area contributed by atoms with Gasteiger partial charge >= 0.3 is 0 Å². The molecule has 0 heterocycles. The second-order valence-corrected chi connectivity index (χ2v) is 6.89. The van der Waals surface area contributed by atoms with E-state index in [0.717, 1.165) is 25.7 Å². The number of nitrogens with zero attached hydrogens (tertiary/aromatic N) is 1. The number of halogens is 1. The van der Waals surface area contributed by atoms with Gasteiger partial charge in [-0.15, -0.1) is 12.4 Å². The molecule has 3 rings (SSSR count). The SMILES string of the molecule is Cc1c(NC(=O)C2CC3CCCC(C2)C3N)cccc1[N+](=O)[O-].Cl. The highest BCUT2D eigenvalue weighted by molar-refractivity contribution is 5.93. The van der Waals surface area contributed by atoms with Crippen molar-refractivity contribution < 1.29 is 9.72 Å². The lowest BCUT2D eigenvalue weighted by molar-refractivity contribution is -0.385. The first-order chi connectivity index (χ1) is 11.0. The Balaban J connectivity index is 0.00000208. The van der Waals surface area contributed by atoms with Crippen LogP contribution in [0.3, 0.4) is 0 Å². The number of carbonyl (C=O) groups is 1. The molecule has 24 heavy (non-hydrogen) atoms. The molecule has 2 atom stereocenters. The first kappa shape index (κ1) is 18.7. The Bertz CT molecular complexity index is 624. The third-order valence-corrected chi connectivity index (χ3v) is 5.54. The Morgan fingerprint density at radius 1 is 1.29 bits per heavy atom. The largest absolute Gasteiger partial charge is 0.327 e. The fraction of sp³-hybridized carbons (Fsp3) is 0.588. The van der Waals surface area contributed by atoms with E-state index in [1.54, 1.807) is 19.1 Å². The van der Waals surface area contributed by atoms with E-state index < -0.39 is 4.92 Å². The van der Waals surface area contributed by atoms with Gasteiger partial charge in [0.25, 0.3) is 5.69 Å². The summed E-state index contributed by atoms with van der Waals surface area (Å²) in [5.41, 5.74) is 7.33. The second-order valence-electron chi connectivity index (χ2n) is 6.89. The van der Waals surface area contributed by atoms with E-state index in [0.29, 0.717) is 23.1 Å². The lowest BCUT2D eigenvalue weighted by atomic mass is 9.65. The Morgan fingerprint density at radius 3 is 2.50 bits per heavy atom. The third-order valence-electron chi connectivity index (χ3n) is 5.54. The maximum absolute atomic E-state index is 12.6. The molecule has 2 fully saturated rings. The van der Waals surface area contributed by atoms with Gasteiger partial charge in [0.1, 0.15) is 0 Å². The van der Waals surface area contributed by atoms with E-state index in [1.165, 1.54) is 12.5 Å². The molecule has 2 aliphatic rings. The van der Waals surface area contributed by atoms with Gasteiger partial charge in [0.05, 0.1) is 16.2 Å². The topological polar surface area (TPSA) is 98.3 Å². The summed E-state index contributed by atoms with van der Waals surface area (Å²) >= 11 is 0. The van der Waals surface area contributed by atoms with Crippen LogP contribution in [0.4, 0.5) is 11.4 Å². The molecule has 3 N–H and O–H groups in total. The summed E-state index contributed by atoms with van der Waals surface area (Å²) in [5.74, 6) is 0.801. The quantitative estimate of drug-likeness (QED) is 0.642. The monoisotopic (exact) mass is 353 g/mol. The number of benzene rings is 1. The normalized spacial score (nSPS) is 28.6. The molecule has 0 saturated heterocycles. The number of rotatable bonds is 3. The van der Waals surface area contributed by atoms with Crippen LogP contribution in [0.5, 0.6) is 0 Å². The lowest BCUT2D eigenvalue weighted by Crippen LogP contribution is -2.48. The lowest BCUT2D eigenvalue weighted by Gasteiger charge is -2.43. The van der Waals surface area contributed by atoms with Crippen molar-refractivity contribution >= 4 is 29.7 Å². The number of nitrogens with one attached hydrogen (secondary N) is 1. The number of anilines is 1. The fourth-order valence-corrected chi connectivity index (χ4v) is 4.19. The molecule has 6 nitrogen and oxygen atoms in total. The summed E-state index contributed by atoms with van der Waals surface area (Å²) in [5, 5.41) is 13.9. The minimum atomic E-state index is -0.422. The average Bonchev–Trinajstić information content (AvgIpc) is 2.48. The molecule has 2 unspecified atom stereocenters. The summed E-state index contributed by atoms with van der Waals surface area (Å²) in [6, 6.07) is 5.00. The number of hydrogen-bond donors (Lipinski definition) is 2. The van der Waals surface area contributed by atoms with Crippen LogP contribution < -0.4 is 11.1 Å². The van der Waals surface area contributed by atoms with Crippen LogP contribution in [0.1, 0.15) is 37.7 Å². The van der Waals surface area contributed by atoms with E-state index in [4.69, 9.17) is 5.73 Å². The average molecular weight is 354 g/mol. The number of nitro benzene ring substituents is 1. The van der Waals surface area contributed by atoms with Gasteiger partial charge in [0, 0.05) is 18.0 Å². The number of amides is 1. The molecule has 2 saturated carbocycles. The summed E-state index contributed by atoms with van der Waals surface area (Å²) in [6.45, 7) is 1.67. The van der Waals surface area contributed by atoms with Crippen LogP contribution in [-0.4, -0.2) is 16.9 Å². The Labute approximate surface area is 147 Å². The van der Waals surface area contributed by atoms with Crippen molar-refractivity contribution in [2.24, 2.45) is 23.5 Å². The predicted molar refractivity (Wildman–Crippen MR) is 95.2 cm³/mol. The second kappa shape index (κ2) is 7.49. The molecule has 132 valence electrons. The highest BCUT2D eigenvalue weighted by Crippen LogP contribution is 2.42. The van der Waals surface area contributed by atoms with Crippen LogP contribution in [0.2, 0.25) is 0 Å². The van der Waals surface area contributed by atoms with E-state index in [9.17, 15) is 14.9 Å². The number of nitrogens with two attached hydrogens (primary N) is 1. The zero-order chi connectivity index (χ0) is 16.6. The zero-order valence-corrected chi connectivity index (χ0v) is 14.6. The standard InChI is InChI=1S/C17H23N3O3.ClH/c1-10-14(6-3-7-15(10)20(22)23)19-17(21)13-8-11-4-2-5-12(9-13)16(11)18;/h3,6-7,11-13,16H,2,4-5,8-9,18H2,1H3,(H,19,21);1H. The third kappa shape index (κ3) is 3.54. The number of hydrogen-bond acceptors (Lipinski definition) is 4. The Kier molecular flexibility index (Phi) is 5.83. The molecule has 1 aromatic rings. The van der Waals surface area contributed by atoms with Gasteiger partial charge in [-0.3, -0.25) is 14.9 Å². The summed E-state index contributed by atoms with van der Waals surface area (Å²) in [4.78, 5) is 23.2. The van der Waals surface area contributed by atoms with Crippen molar-refractivity contribution in [1.82, 2.24) is 0 Å². The molecule has 0 aliphatic heterocycles. The van der Waals surface area contributed by atoms with E-state index in [-0.39, 0.29) is 36.0 Å². The maximum atomic E-state index is 12.6. The maximum Gasteiger partial charge on any atom is 0.274 e. The summed E-state index contributed by atoms with van der Waals surface area (Å²) in [7, 11) is 0. The number of carbonyl (C=O) groups excluding carboxylic acids is 1. The minimum Gasteiger partial charge on any atom is -0.327 e. The first-order valence-corrected chi connectivity index (χ1v) is 8.28. The molecule has 2 bridgehead atoms. The molecule has 1 aromatic carbocycles. The van der Waals surface area contributed by atoms with Gasteiger partial charge in [-0.25, -0.2) is 0 Å². The highest BCUT2D eigenvalue weighted by atomic mass is 35.5. The van der Waals surface area contributed by atoms with Crippen LogP contribution in [0, 0.1) is 34.8 Å². The van der Waals surface area contributed by atoms with E-state index in [1.807, 2.05) is 0 Å². The smallest absolute Gasteiger partial charge is 0.274 e. The van der Waals surface area contributed by atoms with Gasteiger partial charge < -0.3 is 11.1 Å². The molecule has 0 aromatic heterocycles. The molecule has 2 aliphatic carbocycles.